The van der Waals surface area contributed by atoms with Crippen molar-refractivity contribution in [2.45, 2.75) is 25.7 Å². The van der Waals surface area contributed by atoms with Gasteiger partial charge in [-0.3, -0.25) is 4.79 Å². The number of amides is 1. The van der Waals surface area contributed by atoms with Gasteiger partial charge in [0.25, 0.3) is 0 Å². The summed E-state index contributed by atoms with van der Waals surface area (Å²) in [5.41, 5.74) is 0.384. The number of anilines is 1. The largest absolute Gasteiger partial charge is 0.325 e. The van der Waals surface area contributed by atoms with Gasteiger partial charge in [0.05, 0.1) is 21.5 Å². The molecule has 0 aromatic heterocycles. The van der Waals surface area contributed by atoms with Crippen molar-refractivity contribution in [3.8, 4) is 0 Å². The number of hydrogen-bond donors (Lipinski definition) is 1. The topological polar surface area (TPSA) is 66.5 Å². The Morgan fingerprint density at radius 1 is 1.18 bits per heavy atom. The third kappa shape index (κ3) is 4.59. The first kappa shape index (κ1) is 17.5. The summed E-state index contributed by atoms with van der Waals surface area (Å²) in [6.45, 7) is 1.09. The molecule has 1 aromatic carbocycles. The van der Waals surface area contributed by atoms with Gasteiger partial charge in [-0.25, -0.2) is 12.7 Å². The number of rotatable bonds is 5. The van der Waals surface area contributed by atoms with Crippen LogP contribution < -0.4 is 5.32 Å². The average molecular weight is 365 g/mol. The molecule has 5 nitrogen and oxygen atoms in total. The first-order chi connectivity index (χ1) is 10.4. The molecule has 0 aliphatic carbocycles. The Kier molecular flexibility index (Phi) is 6.09. The number of carbonyl (C=O) groups excluding carboxylic acids is 1. The molecule has 0 spiro atoms. The first-order valence-electron chi connectivity index (χ1n) is 7.12. The number of hydrogen-bond acceptors (Lipinski definition) is 3. The van der Waals surface area contributed by atoms with Crippen molar-refractivity contribution in [3.63, 3.8) is 0 Å². The van der Waals surface area contributed by atoms with Crippen LogP contribution in [-0.4, -0.2) is 37.5 Å². The Morgan fingerprint density at radius 3 is 2.55 bits per heavy atom. The van der Waals surface area contributed by atoms with E-state index in [4.69, 9.17) is 23.2 Å². The van der Waals surface area contributed by atoms with E-state index in [1.165, 1.54) is 4.31 Å². The fourth-order valence-electron chi connectivity index (χ4n) is 2.31. The molecule has 1 aliphatic rings. The summed E-state index contributed by atoms with van der Waals surface area (Å²) in [5, 5.41) is 3.17. The second-order valence-electron chi connectivity index (χ2n) is 5.18. The van der Waals surface area contributed by atoms with Crippen LogP contribution in [-0.2, 0) is 14.8 Å². The van der Waals surface area contributed by atoms with Crippen LogP contribution in [0.3, 0.4) is 0 Å². The number of sulfonamides is 1. The summed E-state index contributed by atoms with van der Waals surface area (Å²) in [5.74, 6) is -0.596. The Balaban J connectivity index is 1.91. The monoisotopic (exact) mass is 364 g/mol. The number of benzene rings is 1. The van der Waals surface area contributed by atoms with Gasteiger partial charge in [-0.15, -0.1) is 0 Å². The molecule has 0 saturated carbocycles. The third-order valence-corrected chi connectivity index (χ3v) is 6.21. The van der Waals surface area contributed by atoms with E-state index in [1.54, 1.807) is 18.2 Å². The molecule has 2 rings (SSSR count). The maximum absolute atomic E-state index is 12.2. The Labute approximate surface area is 140 Å². The van der Waals surface area contributed by atoms with Gasteiger partial charge < -0.3 is 5.32 Å². The van der Waals surface area contributed by atoms with E-state index in [2.05, 4.69) is 5.32 Å². The fraction of sp³-hybridized carbons (Fsp3) is 0.500. The number of piperidine rings is 1. The summed E-state index contributed by atoms with van der Waals surface area (Å²) < 4.78 is 25.8. The fourth-order valence-corrected chi connectivity index (χ4v) is 4.17. The van der Waals surface area contributed by atoms with Crippen molar-refractivity contribution in [2.24, 2.45) is 0 Å². The lowest BCUT2D eigenvalue weighted by molar-refractivity contribution is -0.115. The molecule has 1 amide bonds. The van der Waals surface area contributed by atoms with Crippen molar-refractivity contribution in [3.05, 3.63) is 28.2 Å². The summed E-state index contributed by atoms with van der Waals surface area (Å²) in [6, 6.07) is 4.89. The normalized spacial score (nSPS) is 16.5. The minimum absolute atomic E-state index is 0.109. The van der Waals surface area contributed by atoms with Crippen molar-refractivity contribution in [1.82, 2.24) is 4.31 Å². The van der Waals surface area contributed by atoms with Crippen LogP contribution >= 0.6 is 23.2 Å². The molecular weight excluding hydrogens is 347 g/mol. The number of nitrogens with zero attached hydrogens (tertiary/aromatic N) is 1. The highest BCUT2D eigenvalue weighted by Crippen LogP contribution is 2.29. The second-order valence-corrected chi connectivity index (χ2v) is 8.05. The van der Waals surface area contributed by atoms with Gasteiger partial charge in [0.15, 0.2) is 0 Å². The van der Waals surface area contributed by atoms with E-state index in [0.29, 0.717) is 23.8 Å². The Bertz CT molecular complexity index is 643. The molecule has 1 heterocycles. The zero-order chi connectivity index (χ0) is 16.2. The van der Waals surface area contributed by atoms with Gasteiger partial charge >= 0.3 is 0 Å². The van der Waals surface area contributed by atoms with Crippen molar-refractivity contribution in [1.29, 1.82) is 0 Å². The molecule has 1 N–H and O–H groups in total. The van der Waals surface area contributed by atoms with Crippen molar-refractivity contribution < 1.29 is 13.2 Å². The molecule has 22 heavy (non-hydrogen) atoms. The van der Waals surface area contributed by atoms with E-state index in [1.807, 2.05) is 0 Å². The van der Waals surface area contributed by atoms with E-state index in [-0.39, 0.29) is 17.2 Å². The van der Waals surface area contributed by atoms with Crippen LogP contribution in [0.15, 0.2) is 18.2 Å². The standard InChI is InChI=1S/C14H18Cl2N2O3S/c15-11-5-4-6-12(14(11)16)17-13(19)7-10-22(20,21)18-8-2-1-3-9-18/h4-6H,1-3,7-10H2,(H,17,19). The summed E-state index contributed by atoms with van der Waals surface area (Å²) >= 11 is 11.8. The van der Waals surface area contributed by atoms with Crippen molar-refractivity contribution >= 4 is 44.8 Å². The Morgan fingerprint density at radius 2 is 1.86 bits per heavy atom. The van der Waals surface area contributed by atoms with Crippen molar-refractivity contribution in [2.75, 3.05) is 24.2 Å². The average Bonchev–Trinajstić information content (AvgIpc) is 2.51. The molecule has 1 aromatic rings. The first-order valence-corrected chi connectivity index (χ1v) is 9.48. The highest BCUT2D eigenvalue weighted by molar-refractivity contribution is 7.89. The maximum atomic E-state index is 12.2. The highest BCUT2D eigenvalue weighted by atomic mass is 35.5. The predicted molar refractivity (Wildman–Crippen MR) is 88.9 cm³/mol. The molecule has 1 fully saturated rings. The molecule has 0 unspecified atom stereocenters. The third-order valence-electron chi connectivity index (χ3n) is 3.52. The van der Waals surface area contributed by atoms with Gasteiger partial charge in [-0.2, -0.15) is 0 Å². The van der Waals surface area contributed by atoms with E-state index in [0.717, 1.165) is 19.3 Å². The van der Waals surface area contributed by atoms with Crippen LogP contribution in [0, 0.1) is 0 Å². The molecular formula is C14H18Cl2N2O3S. The molecule has 0 bridgehead atoms. The maximum Gasteiger partial charge on any atom is 0.225 e. The highest BCUT2D eigenvalue weighted by Gasteiger charge is 2.24. The predicted octanol–water partition coefficient (Wildman–Crippen LogP) is 3.14. The van der Waals surface area contributed by atoms with Gasteiger partial charge in [-0.1, -0.05) is 35.7 Å². The van der Waals surface area contributed by atoms with E-state index >= 15 is 0 Å². The van der Waals surface area contributed by atoms with Gasteiger partial charge in [0, 0.05) is 19.5 Å². The van der Waals surface area contributed by atoms with E-state index in [9.17, 15) is 13.2 Å². The minimum atomic E-state index is -3.38. The number of nitrogens with one attached hydrogen (secondary N) is 1. The molecule has 8 heteroatoms. The molecule has 122 valence electrons. The lowest BCUT2D eigenvalue weighted by atomic mass is 10.2. The van der Waals surface area contributed by atoms with Crippen LogP contribution in [0.25, 0.3) is 0 Å². The lowest BCUT2D eigenvalue weighted by Crippen LogP contribution is -2.37. The number of carbonyl (C=O) groups is 1. The number of halogens is 2. The quantitative estimate of drug-likeness (QED) is 0.872. The Hall–Kier alpha value is -0.820. The second kappa shape index (κ2) is 7.64. The SMILES string of the molecule is O=C(CCS(=O)(=O)N1CCCCC1)Nc1cccc(Cl)c1Cl. The molecule has 0 radical (unpaired) electrons. The molecule has 0 atom stereocenters. The van der Waals surface area contributed by atoms with Crippen LogP contribution in [0.2, 0.25) is 10.0 Å². The van der Waals surface area contributed by atoms with Crippen LogP contribution in [0.1, 0.15) is 25.7 Å². The molecule has 1 saturated heterocycles. The summed E-state index contributed by atoms with van der Waals surface area (Å²) in [7, 11) is -3.38. The van der Waals surface area contributed by atoms with Crippen LogP contribution in [0.5, 0.6) is 0 Å². The lowest BCUT2D eigenvalue weighted by Gasteiger charge is -2.25. The zero-order valence-electron chi connectivity index (χ0n) is 12.0. The van der Waals surface area contributed by atoms with Gasteiger partial charge in [0.1, 0.15) is 0 Å². The molecule has 1 aliphatic heterocycles. The summed E-state index contributed by atoms with van der Waals surface area (Å²) in [6.07, 6.45) is 2.70. The zero-order valence-corrected chi connectivity index (χ0v) is 14.3. The smallest absolute Gasteiger partial charge is 0.225 e. The van der Waals surface area contributed by atoms with Crippen LogP contribution in [0.4, 0.5) is 5.69 Å². The van der Waals surface area contributed by atoms with Gasteiger partial charge in [0.2, 0.25) is 15.9 Å². The summed E-state index contributed by atoms with van der Waals surface area (Å²) in [4.78, 5) is 11.9. The van der Waals surface area contributed by atoms with Gasteiger partial charge in [-0.05, 0) is 25.0 Å². The minimum Gasteiger partial charge on any atom is -0.325 e. The van der Waals surface area contributed by atoms with E-state index < -0.39 is 15.9 Å².